The normalized spacial score (nSPS) is 14.1. The molecule has 0 spiro atoms. The summed E-state index contributed by atoms with van der Waals surface area (Å²) >= 11 is 3.18. The number of anilines is 3. The van der Waals surface area contributed by atoms with Crippen LogP contribution in [0.4, 0.5) is 16.5 Å². The van der Waals surface area contributed by atoms with Gasteiger partial charge in [-0.3, -0.25) is 4.98 Å². The number of ether oxygens (including phenoxy) is 1. The van der Waals surface area contributed by atoms with Gasteiger partial charge in [-0.1, -0.05) is 0 Å². The topological polar surface area (TPSA) is 63.2 Å². The molecule has 1 aromatic carbocycles. The standard InChI is InChI=1S/C21H19N5OS2/c1-2-15(12-22-7-1)18-13-28-20(24-18)19-14-29-21(25-19)23-16-3-5-17(6-4-16)26-8-10-27-11-9-26/h1-7,12-14H,8-11H2,(H,23,25). The van der Waals surface area contributed by atoms with Crippen molar-refractivity contribution in [1.29, 1.82) is 0 Å². The van der Waals surface area contributed by atoms with Crippen molar-refractivity contribution in [3.8, 4) is 22.0 Å². The average Bonchev–Trinajstić information content (AvgIpc) is 3.45. The van der Waals surface area contributed by atoms with E-state index in [2.05, 4.69) is 39.5 Å². The molecule has 0 bridgehead atoms. The first-order chi connectivity index (χ1) is 14.3. The van der Waals surface area contributed by atoms with Gasteiger partial charge in [-0.2, -0.15) is 0 Å². The molecule has 8 heteroatoms. The summed E-state index contributed by atoms with van der Waals surface area (Å²) in [5.41, 5.74) is 5.09. The van der Waals surface area contributed by atoms with Crippen LogP contribution in [0.15, 0.2) is 59.6 Å². The predicted octanol–water partition coefficient (Wildman–Crippen LogP) is 4.91. The smallest absolute Gasteiger partial charge is 0.187 e. The molecule has 0 unspecified atom stereocenters. The van der Waals surface area contributed by atoms with Crippen LogP contribution in [0.2, 0.25) is 0 Å². The maximum Gasteiger partial charge on any atom is 0.187 e. The molecule has 6 nitrogen and oxygen atoms in total. The zero-order valence-corrected chi connectivity index (χ0v) is 17.2. The molecule has 4 heterocycles. The van der Waals surface area contributed by atoms with Gasteiger partial charge in [0.1, 0.15) is 10.7 Å². The van der Waals surface area contributed by atoms with Gasteiger partial charge in [0.15, 0.2) is 5.13 Å². The van der Waals surface area contributed by atoms with Gasteiger partial charge in [0, 0.05) is 53.2 Å². The van der Waals surface area contributed by atoms with Crippen molar-refractivity contribution >= 4 is 39.2 Å². The number of nitrogens with zero attached hydrogens (tertiary/aromatic N) is 4. The van der Waals surface area contributed by atoms with Crippen LogP contribution in [0, 0.1) is 0 Å². The lowest BCUT2D eigenvalue weighted by molar-refractivity contribution is 0.122. The van der Waals surface area contributed by atoms with E-state index in [0.717, 1.165) is 59.1 Å². The predicted molar refractivity (Wildman–Crippen MR) is 119 cm³/mol. The fourth-order valence-electron chi connectivity index (χ4n) is 3.17. The second kappa shape index (κ2) is 8.28. The SMILES string of the molecule is c1cncc(-c2csc(-c3csc(Nc4ccc(N5CCOCC5)cc4)n3)n2)c1. The van der Waals surface area contributed by atoms with E-state index in [1.165, 1.54) is 5.69 Å². The summed E-state index contributed by atoms with van der Waals surface area (Å²) in [6.45, 7) is 3.47. The number of rotatable bonds is 5. The number of hydrogen-bond donors (Lipinski definition) is 1. The van der Waals surface area contributed by atoms with Gasteiger partial charge in [0.25, 0.3) is 0 Å². The molecule has 0 aliphatic carbocycles. The number of benzene rings is 1. The number of nitrogens with one attached hydrogen (secondary N) is 1. The second-order valence-electron chi connectivity index (χ2n) is 6.59. The molecule has 0 saturated carbocycles. The molecular formula is C21H19N5OS2. The van der Waals surface area contributed by atoms with E-state index < -0.39 is 0 Å². The fourth-order valence-corrected chi connectivity index (χ4v) is 4.75. The second-order valence-corrected chi connectivity index (χ2v) is 8.30. The first kappa shape index (κ1) is 18.2. The monoisotopic (exact) mass is 421 g/mol. The highest BCUT2D eigenvalue weighted by Gasteiger charge is 2.12. The third-order valence-corrected chi connectivity index (χ3v) is 6.30. The molecule has 1 saturated heterocycles. The van der Waals surface area contributed by atoms with Gasteiger partial charge >= 0.3 is 0 Å². The summed E-state index contributed by atoms with van der Waals surface area (Å²) in [4.78, 5) is 15.9. The Labute approximate surface area is 176 Å². The third kappa shape index (κ3) is 4.14. The molecule has 1 aliphatic heterocycles. The number of pyridine rings is 1. The maximum atomic E-state index is 5.42. The third-order valence-electron chi connectivity index (χ3n) is 4.68. The van der Waals surface area contributed by atoms with Crippen molar-refractivity contribution in [2.75, 3.05) is 36.5 Å². The molecule has 0 amide bonds. The summed E-state index contributed by atoms with van der Waals surface area (Å²) in [6.07, 6.45) is 3.59. The average molecular weight is 422 g/mol. The molecule has 29 heavy (non-hydrogen) atoms. The molecule has 0 atom stereocenters. The van der Waals surface area contributed by atoms with Crippen LogP contribution in [0.1, 0.15) is 0 Å². The lowest BCUT2D eigenvalue weighted by Crippen LogP contribution is -2.36. The van der Waals surface area contributed by atoms with Gasteiger partial charge in [-0.15, -0.1) is 22.7 Å². The Bertz CT molecular complexity index is 1070. The van der Waals surface area contributed by atoms with Crippen molar-refractivity contribution in [3.63, 3.8) is 0 Å². The van der Waals surface area contributed by atoms with Crippen molar-refractivity contribution in [3.05, 3.63) is 59.6 Å². The number of morpholine rings is 1. The van der Waals surface area contributed by atoms with Crippen LogP contribution in [0.3, 0.4) is 0 Å². The minimum absolute atomic E-state index is 0.793. The number of aromatic nitrogens is 3. The Kier molecular flexibility index (Phi) is 5.21. The molecule has 1 N–H and O–H groups in total. The van der Waals surface area contributed by atoms with Crippen LogP contribution >= 0.6 is 22.7 Å². The van der Waals surface area contributed by atoms with Crippen molar-refractivity contribution < 1.29 is 4.74 Å². The van der Waals surface area contributed by atoms with Gasteiger partial charge in [0.05, 0.1) is 18.9 Å². The summed E-state index contributed by atoms with van der Waals surface area (Å²) in [5.74, 6) is 0. The van der Waals surface area contributed by atoms with Crippen molar-refractivity contribution in [2.24, 2.45) is 0 Å². The molecule has 146 valence electrons. The van der Waals surface area contributed by atoms with Gasteiger partial charge in [-0.25, -0.2) is 9.97 Å². The van der Waals surface area contributed by atoms with Crippen LogP contribution in [0.5, 0.6) is 0 Å². The Morgan fingerprint density at radius 2 is 1.76 bits per heavy atom. The van der Waals surface area contributed by atoms with E-state index >= 15 is 0 Å². The highest BCUT2D eigenvalue weighted by Crippen LogP contribution is 2.32. The Hall–Kier alpha value is -2.81. The summed E-state index contributed by atoms with van der Waals surface area (Å²) in [5, 5.41) is 9.25. The zero-order valence-electron chi connectivity index (χ0n) is 15.6. The zero-order chi connectivity index (χ0) is 19.5. The molecule has 4 aromatic rings. The number of thiazole rings is 2. The van der Waals surface area contributed by atoms with Gasteiger partial charge < -0.3 is 15.0 Å². The lowest BCUT2D eigenvalue weighted by atomic mass is 10.2. The van der Waals surface area contributed by atoms with E-state index in [1.807, 2.05) is 29.1 Å². The van der Waals surface area contributed by atoms with E-state index in [0.29, 0.717) is 0 Å². The molecule has 3 aromatic heterocycles. The molecule has 5 rings (SSSR count). The summed E-state index contributed by atoms with van der Waals surface area (Å²) in [6, 6.07) is 12.4. The van der Waals surface area contributed by atoms with E-state index in [4.69, 9.17) is 14.7 Å². The molecule has 1 fully saturated rings. The first-order valence-corrected chi connectivity index (χ1v) is 11.1. The quantitative estimate of drug-likeness (QED) is 0.494. The highest BCUT2D eigenvalue weighted by atomic mass is 32.1. The van der Waals surface area contributed by atoms with Crippen LogP contribution in [-0.4, -0.2) is 41.3 Å². The van der Waals surface area contributed by atoms with E-state index in [9.17, 15) is 0 Å². The lowest BCUT2D eigenvalue weighted by Gasteiger charge is -2.28. The van der Waals surface area contributed by atoms with Crippen molar-refractivity contribution in [1.82, 2.24) is 15.0 Å². The van der Waals surface area contributed by atoms with Crippen LogP contribution in [0.25, 0.3) is 22.0 Å². The highest BCUT2D eigenvalue weighted by molar-refractivity contribution is 7.15. The Balaban J connectivity index is 1.27. The molecule has 1 aliphatic rings. The minimum Gasteiger partial charge on any atom is -0.378 e. The summed E-state index contributed by atoms with van der Waals surface area (Å²) in [7, 11) is 0. The van der Waals surface area contributed by atoms with Crippen LogP contribution < -0.4 is 10.2 Å². The molecular weight excluding hydrogens is 402 g/mol. The Morgan fingerprint density at radius 3 is 2.55 bits per heavy atom. The number of hydrogen-bond acceptors (Lipinski definition) is 8. The van der Waals surface area contributed by atoms with E-state index in [-0.39, 0.29) is 0 Å². The van der Waals surface area contributed by atoms with Gasteiger partial charge in [0.2, 0.25) is 0 Å². The maximum absolute atomic E-state index is 5.42. The fraction of sp³-hybridized carbons (Fsp3) is 0.190. The van der Waals surface area contributed by atoms with Crippen LogP contribution in [-0.2, 0) is 4.74 Å². The Morgan fingerprint density at radius 1 is 0.931 bits per heavy atom. The first-order valence-electron chi connectivity index (χ1n) is 9.37. The minimum atomic E-state index is 0.793. The van der Waals surface area contributed by atoms with Gasteiger partial charge in [-0.05, 0) is 36.4 Å². The summed E-state index contributed by atoms with van der Waals surface area (Å²) < 4.78 is 5.42. The van der Waals surface area contributed by atoms with E-state index in [1.54, 1.807) is 28.9 Å². The molecule has 0 radical (unpaired) electrons. The largest absolute Gasteiger partial charge is 0.378 e. The van der Waals surface area contributed by atoms with Crippen molar-refractivity contribution in [2.45, 2.75) is 0 Å².